The van der Waals surface area contributed by atoms with Gasteiger partial charge in [-0.15, -0.1) is 0 Å². The molecule has 24 heavy (non-hydrogen) atoms. The monoisotopic (exact) mass is 333 g/mol. The van der Waals surface area contributed by atoms with Gasteiger partial charge in [0.2, 0.25) is 5.91 Å². The van der Waals surface area contributed by atoms with Crippen molar-refractivity contribution in [2.75, 3.05) is 32.9 Å². The largest absolute Gasteiger partial charge is 0.486 e. The summed E-state index contributed by atoms with van der Waals surface area (Å²) < 4.78 is 16.3. The molecule has 4 rings (SSSR count). The van der Waals surface area contributed by atoms with E-state index in [1.807, 2.05) is 18.2 Å². The molecule has 1 saturated heterocycles. The van der Waals surface area contributed by atoms with Crippen LogP contribution in [0.5, 0.6) is 11.5 Å². The van der Waals surface area contributed by atoms with Crippen LogP contribution >= 0.6 is 0 Å². The van der Waals surface area contributed by atoms with E-state index in [9.17, 15) is 9.59 Å². The number of aliphatic carboxylic acids is 1. The average molecular weight is 333 g/mol. The van der Waals surface area contributed by atoms with Gasteiger partial charge in [-0.3, -0.25) is 4.79 Å². The fourth-order valence-corrected chi connectivity index (χ4v) is 3.36. The molecule has 3 atom stereocenters. The molecular formula is C17H19NO6. The molecule has 2 heterocycles. The van der Waals surface area contributed by atoms with E-state index in [0.717, 1.165) is 23.5 Å². The molecule has 1 saturated carbocycles. The number of carboxylic acid groups (broad SMARTS) is 1. The lowest BCUT2D eigenvalue weighted by molar-refractivity contribution is -0.159. The molecule has 1 aromatic carbocycles. The molecule has 1 N–H and O–H groups in total. The Hall–Kier alpha value is -2.28. The van der Waals surface area contributed by atoms with Crippen molar-refractivity contribution in [3.8, 4) is 11.5 Å². The van der Waals surface area contributed by atoms with Crippen molar-refractivity contribution in [1.82, 2.24) is 4.90 Å². The van der Waals surface area contributed by atoms with Gasteiger partial charge in [-0.2, -0.15) is 0 Å². The van der Waals surface area contributed by atoms with Gasteiger partial charge in [0.05, 0.1) is 13.2 Å². The summed E-state index contributed by atoms with van der Waals surface area (Å²) in [4.78, 5) is 25.3. The van der Waals surface area contributed by atoms with Crippen LogP contribution in [-0.4, -0.2) is 60.9 Å². The third kappa shape index (κ3) is 2.80. The minimum atomic E-state index is -1.02. The highest BCUT2D eigenvalue weighted by Crippen LogP contribution is 2.50. The zero-order valence-corrected chi connectivity index (χ0v) is 13.1. The Labute approximate surface area is 139 Å². The highest BCUT2D eigenvalue weighted by molar-refractivity contribution is 5.84. The molecule has 7 heteroatoms. The molecule has 0 spiro atoms. The Morgan fingerprint density at radius 3 is 2.71 bits per heavy atom. The zero-order chi connectivity index (χ0) is 16.7. The van der Waals surface area contributed by atoms with E-state index in [4.69, 9.17) is 19.3 Å². The summed E-state index contributed by atoms with van der Waals surface area (Å²) >= 11 is 0. The summed E-state index contributed by atoms with van der Waals surface area (Å²) in [5.74, 6) is 0.552. The van der Waals surface area contributed by atoms with Gasteiger partial charge in [-0.1, -0.05) is 6.07 Å². The normalized spacial score (nSPS) is 28.3. The van der Waals surface area contributed by atoms with E-state index in [1.54, 1.807) is 4.90 Å². The molecule has 7 nitrogen and oxygen atoms in total. The van der Waals surface area contributed by atoms with E-state index in [2.05, 4.69) is 0 Å². The SMILES string of the molecule is O=C(O)[C@@H]1CN(C(=O)[C@H]2C[C@H]2c2ccc3c(c2)OCCO3)CCO1. The lowest BCUT2D eigenvalue weighted by atomic mass is 10.1. The van der Waals surface area contributed by atoms with E-state index in [-0.39, 0.29) is 30.9 Å². The molecule has 0 aromatic heterocycles. The first-order valence-corrected chi connectivity index (χ1v) is 8.16. The summed E-state index contributed by atoms with van der Waals surface area (Å²) in [6.07, 6.45) is -0.137. The molecule has 0 unspecified atom stereocenters. The van der Waals surface area contributed by atoms with Gasteiger partial charge in [-0.05, 0) is 30.0 Å². The number of ether oxygens (including phenoxy) is 3. The van der Waals surface area contributed by atoms with Crippen LogP contribution in [0.15, 0.2) is 18.2 Å². The van der Waals surface area contributed by atoms with Gasteiger partial charge in [-0.25, -0.2) is 4.79 Å². The predicted molar refractivity (Wildman–Crippen MR) is 82.2 cm³/mol. The molecule has 2 fully saturated rings. The Bertz CT molecular complexity index is 675. The van der Waals surface area contributed by atoms with Gasteiger partial charge < -0.3 is 24.2 Å². The van der Waals surface area contributed by atoms with Gasteiger partial charge in [0, 0.05) is 12.5 Å². The fraction of sp³-hybridized carbons (Fsp3) is 0.529. The summed E-state index contributed by atoms with van der Waals surface area (Å²) in [5, 5.41) is 9.05. The van der Waals surface area contributed by atoms with Crippen molar-refractivity contribution in [3.05, 3.63) is 23.8 Å². The number of morpholine rings is 1. The zero-order valence-electron chi connectivity index (χ0n) is 13.1. The number of carboxylic acids is 1. The van der Waals surface area contributed by atoms with Crippen LogP contribution in [0.2, 0.25) is 0 Å². The van der Waals surface area contributed by atoms with E-state index in [1.165, 1.54) is 0 Å². The van der Waals surface area contributed by atoms with Crippen LogP contribution in [0.4, 0.5) is 0 Å². The Morgan fingerprint density at radius 1 is 1.12 bits per heavy atom. The minimum Gasteiger partial charge on any atom is -0.486 e. The van der Waals surface area contributed by atoms with Gasteiger partial charge in [0.1, 0.15) is 13.2 Å². The van der Waals surface area contributed by atoms with E-state index in [0.29, 0.717) is 19.8 Å². The third-order valence-corrected chi connectivity index (χ3v) is 4.76. The fourth-order valence-electron chi connectivity index (χ4n) is 3.36. The third-order valence-electron chi connectivity index (χ3n) is 4.76. The number of benzene rings is 1. The second kappa shape index (κ2) is 5.98. The van der Waals surface area contributed by atoms with Crippen LogP contribution < -0.4 is 9.47 Å². The molecule has 0 bridgehead atoms. The van der Waals surface area contributed by atoms with Crippen molar-refractivity contribution in [2.24, 2.45) is 5.92 Å². The summed E-state index contributed by atoms with van der Waals surface area (Å²) in [6.45, 7) is 1.93. The van der Waals surface area contributed by atoms with Gasteiger partial charge in [0.15, 0.2) is 17.6 Å². The van der Waals surface area contributed by atoms with Crippen molar-refractivity contribution in [3.63, 3.8) is 0 Å². The Morgan fingerprint density at radius 2 is 1.92 bits per heavy atom. The van der Waals surface area contributed by atoms with Crippen LogP contribution in [0.1, 0.15) is 17.9 Å². The maximum atomic E-state index is 12.6. The minimum absolute atomic E-state index is 0.0180. The molecule has 2 aliphatic heterocycles. The number of carbonyl (C=O) groups is 2. The number of hydrogen-bond acceptors (Lipinski definition) is 5. The van der Waals surface area contributed by atoms with Gasteiger partial charge in [0.25, 0.3) is 0 Å². The molecular weight excluding hydrogens is 314 g/mol. The second-order valence-electron chi connectivity index (χ2n) is 6.33. The molecule has 1 aliphatic carbocycles. The quantitative estimate of drug-likeness (QED) is 0.884. The van der Waals surface area contributed by atoms with Crippen molar-refractivity contribution < 1.29 is 28.9 Å². The van der Waals surface area contributed by atoms with Crippen molar-refractivity contribution >= 4 is 11.9 Å². The first kappa shape index (κ1) is 15.3. The summed E-state index contributed by atoms with van der Waals surface area (Å²) in [5.41, 5.74) is 1.07. The Kier molecular flexibility index (Phi) is 3.80. The predicted octanol–water partition coefficient (Wildman–Crippen LogP) is 0.873. The van der Waals surface area contributed by atoms with E-state index < -0.39 is 12.1 Å². The molecule has 1 amide bonds. The number of rotatable bonds is 3. The van der Waals surface area contributed by atoms with Crippen LogP contribution in [0, 0.1) is 5.92 Å². The number of hydrogen-bond donors (Lipinski definition) is 1. The maximum absolute atomic E-state index is 12.6. The molecule has 0 radical (unpaired) electrons. The van der Waals surface area contributed by atoms with Crippen LogP contribution in [-0.2, 0) is 14.3 Å². The van der Waals surface area contributed by atoms with Crippen LogP contribution in [0.3, 0.4) is 0 Å². The topological polar surface area (TPSA) is 85.3 Å². The van der Waals surface area contributed by atoms with Gasteiger partial charge >= 0.3 is 5.97 Å². The number of fused-ring (bicyclic) bond motifs is 1. The van der Waals surface area contributed by atoms with Crippen molar-refractivity contribution in [2.45, 2.75) is 18.4 Å². The van der Waals surface area contributed by atoms with Crippen LogP contribution in [0.25, 0.3) is 0 Å². The summed E-state index contributed by atoms with van der Waals surface area (Å²) in [7, 11) is 0. The first-order valence-electron chi connectivity index (χ1n) is 8.16. The van der Waals surface area contributed by atoms with Crippen molar-refractivity contribution in [1.29, 1.82) is 0 Å². The highest BCUT2D eigenvalue weighted by atomic mass is 16.6. The smallest absolute Gasteiger partial charge is 0.334 e. The first-order chi connectivity index (χ1) is 11.6. The lowest BCUT2D eigenvalue weighted by Gasteiger charge is -2.31. The molecule has 128 valence electrons. The number of carbonyl (C=O) groups excluding carboxylic acids is 1. The highest BCUT2D eigenvalue weighted by Gasteiger charge is 2.47. The second-order valence-corrected chi connectivity index (χ2v) is 6.33. The lowest BCUT2D eigenvalue weighted by Crippen LogP contribution is -2.49. The summed E-state index contributed by atoms with van der Waals surface area (Å²) in [6, 6.07) is 5.81. The molecule has 3 aliphatic rings. The number of amides is 1. The average Bonchev–Trinajstić information content (AvgIpc) is 3.41. The maximum Gasteiger partial charge on any atom is 0.334 e. The standard InChI is InChI=1S/C17H19NO6/c19-16(18-3-4-22-15(9-18)17(20)21)12-8-11(12)10-1-2-13-14(7-10)24-6-5-23-13/h1-2,7,11-12,15H,3-6,8-9H2,(H,20,21)/t11-,12-,15-/m0/s1. The molecule has 1 aromatic rings. The Balaban J connectivity index is 1.42. The number of nitrogens with zero attached hydrogens (tertiary/aromatic N) is 1. The van der Waals surface area contributed by atoms with E-state index >= 15 is 0 Å².